The summed E-state index contributed by atoms with van der Waals surface area (Å²) in [5, 5.41) is 0. The minimum absolute atomic E-state index is 0.0778. The summed E-state index contributed by atoms with van der Waals surface area (Å²) in [6, 6.07) is 2.49. The van der Waals surface area contributed by atoms with Gasteiger partial charge in [-0.05, 0) is 24.0 Å². The molecule has 0 aromatic heterocycles. The Bertz CT molecular complexity index is 583. The molecule has 0 radical (unpaired) electrons. The number of nitrogens with zero attached hydrogens (tertiary/aromatic N) is 1. The quantitative estimate of drug-likeness (QED) is 0.623. The van der Waals surface area contributed by atoms with Crippen LogP contribution >= 0.6 is 0 Å². The van der Waals surface area contributed by atoms with Crippen molar-refractivity contribution in [1.29, 1.82) is 0 Å². The Morgan fingerprint density at radius 2 is 1.83 bits per heavy atom. The zero-order valence-electron chi connectivity index (χ0n) is 13.0. The monoisotopic (exact) mass is 333 g/mol. The van der Waals surface area contributed by atoms with Crippen molar-refractivity contribution < 1.29 is 31.3 Å². The third-order valence-electron chi connectivity index (χ3n) is 5.16. The smallest absolute Gasteiger partial charge is 0.505 e. The van der Waals surface area contributed by atoms with Crippen LogP contribution in [0.5, 0.6) is 0 Å². The van der Waals surface area contributed by atoms with E-state index in [0.717, 1.165) is 37.6 Å². The van der Waals surface area contributed by atoms with E-state index in [2.05, 4.69) is 0 Å². The third kappa shape index (κ3) is 2.57. The molecule has 0 unspecified atom stereocenters. The predicted octanol–water partition coefficient (Wildman–Crippen LogP) is 2.67. The lowest BCUT2D eigenvalue weighted by Crippen LogP contribution is -2.70. The van der Waals surface area contributed by atoms with Gasteiger partial charge in [0.1, 0.15) is 0 Å². The molecule has 0 amide bonds. The summed E-state index contributed by atoms with van der Waals surface area (Å²) >= 11 is 0. The van der Waals surface area contributed by atoms with Crippen LogP contribution < -0.4 is 5.46 Å². The first-order chi connectivity index (χ1) is 10.8. The zero-order valence-corrected chi connectivity index (χ0v) is 13.0. The summed E-state index contributed by atoms with van der Waals surface area (Å²) in [6.45, 7) is 2.56. The Kier molecular flexibility index (Phi) is 4.19. The topological polar surface area (TPSA) is 18.5 Å². The lowest BCUT2D eigenvalue weighted by Gasteiger charge is -2.47. The summed E-state index contributed by atoms with van der Waals surface area (Å²) in [5.41, 5.74) is -0.948. The normalized spacial score (nSPS) is 30.7. The minimum Gasteiger partial charge on any atom is -0.505 e. The first-order valence-electron chi connectivity index (χ1n) is 8.00. The van der Waals surface area contributed by atoms with Crippen LogP contribution in [0.3, 0.4) is 0 Å². The average Bonchev–Trinajstić information content (AvgIpc) is 3.00. The molecule has 2 aliphatic rings. The molecule has 0 spiro atoms. The highest BCUT2D eigenvalue weighted by Gasteiger charge is 2.60. The summed E-state index contributed by atoms with van der Waals surface area (Å²) in [6.07, 6.45) is -2.67. The van der Waals surface area contributed by atoms with Gasteiger partial charge in [0.05, 0.1) is 37.7 Å². The Balaban J connectivity index is 2.08. The fourth-order valence-corrected chi connectivity index (χ4v) is 3.95. The van der Waals surface area contributed by atoms with Crippen LogP contribution in [0, 0.1) is 5.82 Å². The second-order valence-corrected chi connectivity index (χ2v) is 6.39. The minimum atomic E-state index is -4.52. The fourth-order valence-electron chi connectivity index (χ4n) is 3.95. The van der Waals surface area contributed by atoms with Gasteiger partial charge in [-0.25, -0.2) is 4.39 Å². The molecule has 8 heteroatoms. The summed E-state index contributed by atoms with van der Waals surface area (Å²) in [5.74, 6) is -0.694. The maximum absolute atomic E-state index is 14.4. The molecule has 2 heterocycles. The van der Waals surface area contributed by atoms with Gasteiger partial charge in [-0.2, -0.15) is 13.2 Å². The molecular formula is C15H20BF4NO2. The van der Waals surface area contributed by atoms with Crippen molar-refractivity contribution >= 4 is 12.1 Å². The van der Waals surface area contributed by atoms with Crippen molar-refractivity contribution in [3.8, 4) is 0 Å². The average molecular weight is 333 g/mol. The lowest BCUT2D eigenvalue weighted by molar-refractivity contribution is -0.820. The van der Waals surface area contributed by atoms with Gasteiger partial charge >= 0.3 is 12.9 Å². The number of rotatable bonds is 4. The highest BCUT2D eigenvalue weighted by molar-refractivity contribution is 6.75. The van der Waals surface area contributed by atoms with Crippen LogP contribution in [0.1, 0.15) is 25.3 Å². The van der Waals surface area contributed by atoms with Gasteiger partial charge in [-0.1, -0.05) is 19.4 Å². The van der Waals surface area contributed by atoms with Crippen molar-refractivity contribution in [2.45, 2.75) is 25.9 Å². The van der Waals surface area contributed by atoms with E-state index in [1.807, 2.05) is 6.92 Å². The first kappa shape index (κ1) is 16.7. The van der Waals surface area contributed by atoms with Crippen LogP contribution in [-0.4, -0.2) is 43.9 Å². The maximum atomic E-state index is 14.4. The molecule has 1 aromatic rings. The molecular weight excluding hydrogens is 313 g/mol. The van der Waals surface area contributed by atoms with Crippen molar-refractivity contribution in [3.63, 3.8) is 0 Å². The molecule has 0 bridgehead atoms. The SMILES string of the molecule is CCCC[N+]12CCO[B-]1(c1cc(C(F)(F)F)ccc1F)OCC2. The summed E-state index contributed by atoms with van der Waals surface area (Å²) in [7, 11) is 0. The molecule has 0 N–H and O–H groups in total. The summed E-state index contributed by atoms with van der Waals surface area (Å²) in [4.78, 5) is 0. The van der Waals surface area contributed by atoms with Gasteiger partial charge in [0.25, 0.3) is 0 Å². The number of halogens is 4. The van der Waals surface area contributed by atoms with Gasteiger partial charge in [0, 0.05) is 6.54 Å². The van der Waals surface area contributed by atoms with Gasteiger partial charge in [0.2, 0.25) is 0 Å². The molecule has 1 aromatic carbocycles. The largest absolute Gasteiger partial charge is 0.505 e. The van der Waals surface area contributed by atoms with E-state index in [9.17, 15) is 17.6 Å². The number of unbranched alkanes of at least 4 members (excludes halogenated alkanes) is 1. The Morgan fingerprint density at radius 1 is 1.17 bits per heavy atom. The van der Waals surface area contributed by atoms with Gasteiger partial charge in [-0.3, -0.25) is 0 Å². The van der Waals surface area contributed by atoms with Gasteiger partial charge in [-0.15, -0.1) is 0 Å². The molecule has 3 nitrogen and oxygen atoms in total. The number of hydrogen-bond acceptors (Lipinski definition) is 2. The van der Waals surface area contributed by atoms with Crippen LogP contribution in [0.4, 0.5) is 17.6 Å². The van der Waals surface area contributed by atoms with E-state index in [0.29, 0.717) is 30.7 Å². The number of hydrogen-bond donors (Lipinski definition) is 0. The summed E-state index contributed by atoms with van der Waals surface area (Å²) < 4.78 is 65.5. The lowest BCUT2D eigenvalue weighted by atomic mass is 9.60. The zero-order chi connectivity index (χ0) is 16.7. The van der Waals surface area contributed by atoms with Crippen LogP contribution in [-0.2, 0) is 15.5 Å². The molecule has 23 heavy (non-hydrogen) atoms. The third-order valence-corrected chi connectivity index (χ3v) is 5.16. The number of alkyl halides is 3. The van der Waals surface area contributed by atoms with Gasteiger partial charge in [0.15, 0.2) is 0 Å². The van der Waals surface area contributed by atoms with E-state index < -0.39 is 24.2 Å². The van der Waals surface area contributed by atoms with E-state index in [1.54, 1.807) is 0 Å². The van der Waals surface area contributed by atoms with Gasteiger partial charge < -0.3 is 13.7 Å². The van der Waals surface area contributed by atoms with Crippen molar-refractivity contribution in [3.05, 3.63) is 29.6 Å². The molecule has 0 saturated carbocycles. The first-order valence-corrected chi connectivity index (χ1v) is 8.00. The molecule has 128 valence electrons. The number of quaternary nitrogens is 1. The molecule has 0 atom stereocenters. The molecule has 2 fully saturated rings. The molecule has 0 aliphatic carbocycles. The maximum Gasteiger partial charge on any atom is 0.505 e. The number of benzene rings is 1. The Labute approximate surface area is 132 Å². The standard InChI is InChI=1S/C15H20BF4NO2/c1-2-3-6-21-7-9-22-16(21,23-10-8-21)13-11-12(15(18,19)20)4-5-14(13)17/h4-5,11H,2-3,6-10H2,1H3. The highest BCUT2D eigenvalue weighted by atomic mass is 19.4. The number of fused-ring (bicyclic) bond motifs is 1. The second kappa shape index (κ2) is 5.75. The van der Waals surface area contributed by atoms with E-state index in [-0.39, 0.29) is 5.46 Å². The molecule has 2 aliphatic heterocycles. The fraction of sp³-hybridized carbons (Fsp3) is 0.600. The van der Waals surface area contributed by atoms with E-state index in [4.69, 9.17) is 9.31 Å². The highest BCUT2D eigenvalue weighted by Crippen LogP contribution is 2.37. The van der Waals surface area contributed by atoms with Crippen LogP contribution in [0.15, 0.2) is 18.2 Å². The second-order valence-electron chi connectivity index (χ2n) is 6.39. The van der Waals surface area contributed by atoms with Crippen molar-refractivity contribution in [2.75, 3.05) is 32.8 Å². The molecule has 3 rings (SSSR count). The van der Waals surface area contributed by atoms with Crippen molar-refractivity contribution in [2.24, 2.45) is 0 Å². The van der Waals surface area contributed by atoms with E-state index in [1.165, 1.54) is 0 Å². The Hall–Kier alpha value is -1.12. The van der Waals surface area contributed by atoms with Crippen LogP contribution in [0.2, 0.25) is 0 Å². The molecule has 2 saturated heterocycles. The predicted molar refractivity (Wildman–Crippen MR) is 78.5 cm³/mol. The van der Waals surface area contributed by atoms with E-state index >= 15 is 0 Å². The van der Waals surface area contributed by atoms with Crippen molar-refractivity contribution in [1.82, 2.24) is 0 Å². The Morgan fingerprint density at radius 3 is 2.39 bits per heavy atom. The van der Waals surface area contributed by atoms with Crippen LogP contribution in [0.25, 0.3) is 0 Å².